The molecular formula is C19H19IN2O2. The van der Waals surface area contributed by atoms with Crippen molar-refractivity contribution in [3.63, 3.8) is 0 Å². The molecule has 0 radical (unpaired) electrons. The van der Waals surface area contributed by atoms with E-state index in [-0.39, 0.29) is 24.0 Å². The van der Waals surface area contributed by atoms with Gasteiger partial charge in [-0.3, -0.25) is 0 Å². The fourth-order valence-electron chi connectivity index (χ4n) is 2.56. The molecule has 124 valence electrons. The van der Waals surface area contributed by atoms with Crippen LogP contribution < -0.4 is 38.1 Å². The van der Waals surface area contributed by atoms with Crippen molar-refractivity contribution >= 4 is 23.1 Å². The van der Waals surface area contributed by atoms with E-state index in [1.54, 1.807) is 14.2 Å². The molecule has 0 amide bonds. The lowest BCUT2D eigenvalue weighted by atomic mass is 10.1. The molecule has 1 heterocycles. The Bertz CT molecular complexity index is 878. The highest BCUT2D eigenvalue weighted by Crippen LogP contribution is 2.26. The van der Waals surface area contributed by atoms with Crippen LogP contribution in [0.5, 0.6) is 11.5 Å². The van der Waals surface area contributed by atoms with Gasteiger partial charge in [-0.05, 0) is 29.4 Å². The van der Waals surface area contributed by atoms with Gasteiger partial charge in [-0.1, -0.05) is 29.0 Å². The lowest BCUT2D eigenvalue weighted by Crippen LogP contribution is -3.00. The van der Waals surface area contributed by atoms with E-state index in [4.69, 9.17) is 9.47 Å². The maximum atomic E-state index is 5.41. The minimum atomic E-state index is 0. The van der Waals surface area contributed by atoms with E-state index < -0.39 is 0 Å². The molecule has 24 heavy (non-hydrogen) atoms. The summed E-state index contributed by atoms with van der Waals surface area (Å²) in [5, 5.41) is 5.56. The van der Waals surface area contributed by atoms with Crippen LogP contribution in [0, 0.1) is 0 Å². The van der Waals surface area contributed by atoms with Crippen molar-refractivity contribution in [1.82, 2.24) is 5.10 Å². The van der Waals surface area contributed by atoms with Gasteiger partial charge in [0.15, 0.2) is 7.05 Å². The molecule has 0 bridgehead atoms. The minimum Gasteiger partial charge on any atom is -1.00 e. The number of halogens is 1. The van der Waals surface area contributed by atoms with Gasteiger partial charge in [0.25, 0.3) is 0 Å². The van der Waals surface area contributed by atoms with Crippen molar-refractivity contribution in [2.75, 3.05) is 14.2 Å². The summed E-state index contributed by atoms with van der Waals surface area (Å²) in [6, 6.07) is 13.9. The molecule has 1 aromatic heterocycles. The Kier molecular flexibility index (Phi) is 6.14. The lowest BCUT2D eigenvalue weighted by Gasteiger charge is -2.07. The summed E-state index contributed by atoms with van der Waals surface area (Å²) >= 11 is 0. The third kappa shape index (κ3) is 3.67. The Balaban J connectivity index is 0.00000208. The molecule has 0 aliphatic heterocycles. The molecule has 0 aliphatic carbocycles. The molecule has 4 nitrogen and oxygen atoms in total. The number of rotatable bonds is 4. The van der Waals surface area contributed by atoms with E-state index in [9.17, 15) is 0 Å². The molecule has 3 rings (SSSR count). The Labute approximate surface area is 158 Å². The zero-order chi connectivity index (χ0) is 16.2. The largest absolute Gasteiger partial charge is 1.00 e. The topological polar surface area (TPSA) is 35.2 Å². The van der Waals surface area contributed by atoms with Gasteiger partial charge < -0.3 is 33.5 Å². The van der Waals surface area contributed by atoms with Crippen molar-refractivity contribution < 1.29 is 38.1 Å². The van der Waals surface area contributed by atoms with Crippen LogP contribution in [0.2, 0.25) is 0 Å². The number of methoxy groups -OCH3 is 2. The van der Waals surface area contributed by atoms with Crippen LogP contribution in [-0.2, 0) is 7.05 Å². The monoisotopic (exact) mass is 434 g/mol. The quantitative estimate of drug-likeness (QED) is 0.437. The van der Waals surface area contributed by atoms with Crippen LogP contribution in [0.4, 0.5) is 0 Å². The molecule has 0 N–H and O–H groups in total. The summed E-state index contributed by atoms with van der Waals surface area (Å²) in [7, 11) is 5.27. The van der Waals surface area contributed by atoms with E-state index in [2.05, 4.69) is 17.2 Å². The molecule has 0 spiro atoms. The normalized spacial score (nSPS) is 10.6. The summed E-state index contributed by atoms with van der Waals surface area (Å²) in [6.07, 6.45) is 5.93. The van der Waals surface area contributed by atoms with E-state index in [1.807, 2.05) is 60.4 Å². The van der Waals surface area contributed by atoms with E-state index >= 15 is 0 Å². The molecule has 0 saturated carbocycles. The van der Waals surface area contributed by atoms with Crippen LogP contribution in [0.15, 0.2) is 48.7 Å². The molecule has 0 fully saturated rings. The summed E-state index contributed by atoms with van der Waals surface area (Å²) in [6.45, 7) is 0. The van der Waals surface area contributed by atoms with Crippen LogP contribution in [0.3, 0.4) is 0 Å². The highest BCUT2D eigenvalue weighted by molar-refractivity contribution is 5.88. The maximum absolute atomic E-state index is 5.41. The second-order valence-corrected chi connectivity index (χ2v) is 5.18. The van der Waals surface area contributed by atoms with Crippen molar-refractivity contribution in [3.8, 4) is 11.5 Å². The number of hydrogen-bond donors (Lipinski definition) is 0. The zero-order valence-corrected chi connectivity index (χ0v) is 16.0. The van der Waals surface area contributed by atoms with Crippen molar-refractivity contribution in [2.24, 2.45) is 7.05 Å². The third-order valence-electron chi connectivity index (χ3n) is 3.81. The Morgan fingerprint density at radius 3 is 2.46 bits per heavy atom. The smallest absolute Gasteiger partial charge is 0.239 e. The molecule has 0 saturated heterocycles. The number of ether oxygens (including phenoxy) is 2. The first kappa shape index (κ1) is 18.2. The predicted octanol–water partition coefficient (Wildman–Crippen LogP) is 0.251. The SMILES string of the molecule is COc1ccc(OC)c(/C=C\c2cn[n+](C)c3ccccc23)c1.[I-]. The van der Waals surface area contributed by atoms with Gasteiger partial charge in [0.2, 0.25) is 5.52 Å². The molecule has 0 aliphatic rings. The van der Waals surface area contributed by atoms with E-state index in [0.29, 0.717) is 0 Å². The summed E-state index contributed by atoms with van der Waals surface area (Å²) < 4.78 is 12.6. The minimum absolute atomic E-state index is 0. The standard InChI is InChI=1S/C19H19N2O2.HI/c1-21-18-7-5-4-6-17(18)15(13-20-21)9-8-14-12-16(22-2)10-11-19(14)23-3;/h4-13H,1-3H3;1H/q+1;/p-1/b9-8-;. The van der Waals surface area contributed by atoms with Gasteiger partial charge >= 0.3 is 0 Å². The first-order chi connectivity index (χ1) is 11.2. The average molecular weight is 434 g/mol. The summed E-state index contributed by atoms with van der Waals surface area (Å²) in [4.78, 5) is 0. The number of aryl methyl sites for hydroxylation is 1. The number of benzene rings is 2. The molecular weight excluding hydrogens is 415 g/mol. The zero-order valence-electron chi connectivity index (χ0n) is 13.9. The average Bonchev–Trinajstić information content (AvgIpc) is 2.61. The van der Waals surface area contributed by atoms with E-state index in [0.717, 1.165) is 33.5 Å². The first-order valence-electron chi connectivity index (χ1n) is 7.37. The summed E-state index contributed by atoms with van der Waals surface area (Å²) in [5.74, 6) is 1.61. The van der Waals surface area contributed by atoms with Gasteiger partial charge in [-0.2, -0.15) is 0 Å². The Hall–Kier alpha value is -2.15. The third-order valence-corrected chi connectivity index (χ3v) is 3.81. The molecule has 2 aromatic carbocycles. The number of para-hydroxylation sites is 1. The van der Waals surface area contributed by atoms with Crippen LogP contribution in [-0.4, -0.2) is 19.3 Å². The molecule has 0 atom stereocenters. The van der Waals surface area contributed by atoms with Crippen molar-refractivity contribution in [3.05, 3.63) is 59.8 Å². The lowest BCUT2D eigenvalue weighted by molar-refractivity contribution is -0.705. The van der Waals surface area contributed by atoms with E-state index in [1.165, 1.54) is 0 Å². The van der Waals surface area contributed by atoms with Crippen molar-refractivity contribution in [1.29, 1.82) is 0 Å². The van der Waals surface area contributed by atoms with Crippen molar-refractivity contribution in [2.45, 2.75) is 0 Å². The van der Waals surface area contributed by atoms with Gasteiger partial charge in [-0.25, -0.2) is 0 Å². The molecule has 3 aromatic rings. The molecule has 5 heteroatoms. The number of hydrogen-bond acceptors (Lipinski definition) is 3. The second-order valence-electron chi connectivity index (χ2n) is 5.18. The van der Waals surface area contributed by atoms with Crippen LogP contribution >= 0.6 is 0 Å². The Morgan fingerprint density at radius 2 is 1.71 bits per heavy atom. The predicted molar refractivity (Wildman–Crippen MR) is 91.4 cm³/mol. The van der Waals surface area contributed by atoms with Crippen LogP contribution in [0.25, 0.3) is 23.1 Å². The van der Waals surface area contributed by atoms with Gasteiger partial charge in [0.05, 0.1) is 19.6 Å². The van der Waals surface area contributed by atoms with Gasteiger partial charge in [-0.15, -0.1) is 0 Å². The molecule has 0 unspecified atom stereocenters. The Morgan fingerprint density at radius 1 is 0.958 bits per heavy atom. The van der Waals surface area contributed by atoms with Gasteiger partial charge in [0, 0.05) is 17.2 Å². The maximum Gasteiger partial charge on any atom is 0.239 e. The fourth-order valence-corrected chi connectivity index (χ4v) is 2.56. The highest BCUT2D eigenvalue weighted by atomic mass is 127. The summed E-state index contributed by atoms with van der Waals surface area (Å²) in [5.41, 5.74) is 3.11. The fraction of sp³-hybridized carbons (Fsp3) is 0.158. The number of aromatic nitrogens is 2. The van der Waals surface area contributed by atoms with Gasteiger partial charge in [0.1, 0.15) is 17.7 Å². The first-order valence-corrected chi connectivity index (χ1v) is 7.37. The number of fused-ring (bicyclic) bond motifs is 1. The second kappa shape index (κ2) is 8.10. The number of nitrogens with zero attached hydrogens (tertiary/aromatic N) is 2. The highest BCUT2D eigenvalue weighted by Gasteiger charge is 2.09. The van der Waals surface area contributed by atoms with Crippen LogP contribution in [0.1, 0.15) is 11.1 Å².